The molecule has 14 heavy (non-hydrogen) atoms. The van der Waals surface area contributed by atoms with Crippen LogP contribution >= 0.6 is 0 Å². The molecule has 0 aliphatic rings. The van der Waals surface area contributed by atoms with Crippen molar-refractivity contribution in [2.24, 2.45) is 0 Å². The molecule has 1 nitrogen and oxygen atoms in total. The fourth-order valence-electron chi connectivity index (χ4n) is 1.42. The molecule has 0 atom stereocenters. The molecule has 0 saturated carbocycles. The zero-order chi connectivity index (χ0) is 10.7. The van der Waals surface area contributed by atoms with Crippen LogP contribution in [0.15, 0.2) is 6.07 Å². The summed E-state index contributed by atoms with van der Waals surface area (Å²) in [6.07, 6.45) is 0.649. The van der Waals surface area contributed by atoms with E-state index in [9.17, 15) is 8.78 Å². The van der Waals surface area contributed by atoms with E-state index < -0.39 is 11.6 Å². The van der Waals surface area contributed by atoms with Gasteiger partial charge in [0, 0.05) is 5.56 Å². The summed E-state index contributed by atoms with van der Waals surface area (Å²) >= 11 is 0. The quantitative estimate of drug-likeness (QED) is 0.788. The monoisotopic (exact) mass is 199 g/mol. The van der Waals surface area contributed by atoms with Crippen molar-refractivity contribution < 1.29 is 8.78 Å². The highest BCUT2D eigenvalue weighted by molar-refractivity contribution is 5.33. The predicted molar refractivity (Wildman–Crippen MR) is 53.5 cm³/mol. The van der Waals surface area contributed by atoms with Crippen molar-refractivity contribution in [1.29, 1.82) is 0 Å². The van der Waals surface area contributed by atoms with Gasteiger partial charge in [-0.25, -0.2) is 8.78 Å². The zero-order valence-electron chi connectivity index (χ0n) is 8.75. The Labute approximate surface area is 83.1 Å². The van der Waals surface area contributed by atoms with E-state index in [0.717, 1.165) is 12.1 Å². The minimum absolute atomic E-state index is 0.107. The minimum atomic E-state index is -0.459. The molecule has 0 radical (unpaired) electrons. The van der Waals surface area contributed by atoms with E-state index in [4.69, 9.17) is 0 Å². The number of hydrogen-bond acceptors (Lipinski definition) is 1. The summed E-state index contributed by atoms with van der Waals surface area (Å²) in [6, 6.07) is 1.42. The Morgan fingerprint density at radius 3 is 2.43 bits per heavy atom. The Hall–Kier alpha value is -0.960. The summed E-state index contributed by atoms with van der Waals surface area (Å²) in [4.78, 5) is 0. The molecule has 0 saturated heterocycles. The van der Waals surface area contributed by atoms with Gasteiger partial charge < -0.3 is 5.32 Å². The van der Waals surface area contributed by atoms with Gasteiger partial charge in [-0.15, -0.1) is 0 Å². The lowest BCUT2D eigenvalue weighted by Crippen LogP contribution is -2.12. The summed E-state index contributed by atoms with van der Waals surface area (Å²) in [6.45, 7) is 3.87. The van der Waals surface area contributed by atoms with Gasteiger partial charge in [0.05, 0.1) is 0 Å². The van der Waals surface area contributed by atoms with Crippen molar-refractivity contribution in [2.45, 2.75) is 20.3 Å². The van der Waals surface area contributed by atoms with Gasteiger partial charge in [-0.3, -0.25) is 0 Å². The maximum Gasteiger partial charge on any atom is 0.132 e. The van der Waals surface area contributed by atoms with Gasteiger partial charge in [0.1, 0.15) is 11.6 Å². The van der Waals surface area contributed by atoms with Crippen molar-refractivity contribution >= 4 is 0 Å². The van der Waals surface area contributed by atoms with Crippen LogP contribution in [0.2, 0.25) is 0 Å². The van der Waals surface area contributed by atoms with E-state index in [2.05, 4.69) is 5.32 Å². The average molecular weight is 199 g/mol. The molecule has 0 aromatic heterocycles. The summed E-state index contributed by atoms with van der Waals surface area (Å²) in [5, 5.41) is 2.95. The Kier molecular flexibility index (Phi) is 3.58. The van der Waals surface area contributed by atoms with Crippen molar-refractivity contribution in [3.8, 4) is 0 Å². The third-order valence-electron chi connectivity index (χ3n) is 2.44. The van der Waals surface area contributed by atoms with Gasteiger partial charge in [-0.1, -0.05) is 0 Å². The van der Waals surface area contributed by atoms with Crippen molar-refractivity contribution in [2.75, 3.05) is 13.6 Å². The molecule has 78 valence electrons. The lowest BCUT2D eigenvalue weighted by Gasteiger charge is -2.09. The highest BCUT2D eigenvalue weighted by Crippen LogP contribution is 2.19. The van der Waals surface area contributed by atoms with E-state index in [0.29, 0.717) is 12.0 Å². The topological polar surface area (TPSA) is 12.0 Å². The fraction of sp³-hybridized carbons (Fsp3) is 0.455. The molecule has 0 aliphatic heterocycles. The summed E-state index contributed by atoms with van der Waals surface area (Å²) in [7, 11) is 1.82. The molecule has 1 aromatic rings. The fourth-order valence-corrected chi connectivity index (χ4v) is 1.42. The first-order chi connectivity index (χ1) is 6.57. The molecular weight excluding hydrogens is 184 g/mol. The highest BCUT2D eigenvalue weighted by atomic mass is 19.1. The van der Waals surface area contributed by atoms with Crippen LogP contribution in [0.3, 0.4) is 0 Å². The Balaban J connectivity index is 3.06. The second kappa shape index (κ2) is 4.51. The number of hydrogen-bond donors (Lipinski definition) is 1. The van der Waals surface area contributed by atoms with E-state index in [-0.39, 0.29) is 5.56 Å². The van der Waals surface area contributed by atoms with Crippen LogP contribution in [0.4, 0.5) is 8.78 Å². The number of halogens is 2. The lowest BCUT2D eigenvalue weighted by atomic mass is 10.0. The number of benzene rings is 1. The normalized spacial score (nSPS) is 10.6. The predicted octanol–water partition coefficient (Wildman–Crippen LogP) is 2.34. The maximum atomic E-state index is 13.4. The Morgan fingerprint density at radius 2 is 1.86 bits per heavy atom. The Bertz CT molecular complexity index is 335. The van der Waals surface area contributed by atoms with Crippen LogP contribution in [-0.4, -0.2) is 13.6 Å². The number of nitrogens with one attached hydrogen (secondary N) is 1. The largest absolute Gasteiger partial charge is 0.319 e. The standard InChI is InChI=1S/C11H15F2N/c1-7-9(4-5-14-3)6-10(12)8(2)11(7)13/h6,14H,4-5H2,1-3H3. The summed E-state index contributed by atoms with van der Waals surface area (Å²) < 4.78 is 26.6. The van der Waals surface area contributed by atoms with E-state index >= 15 is 0 Å². The van der Waals surface area contributed by atoms with E-state index in [1.165, 1.54) is 13.0 Å². The smallest absolute Gasteiger partial charge is 0.132 e. The first kappa shape index (κ1) is 11.1. The van der Waals surface area contributed by atoms with Crippen LogP contribution in [0, 0.1) is 25.5 Å². The van der Waals surface area contributed by atoms with Gasteiger partial charge in [0.15, 0.2) is 0 Å². The van der Waals surface area contributed by atoms with Crippen molar-refractivity contribution in [3.63, 3.8) is 0 Å². The molecule has 1 rings (SSSR count). The lowest BCUT2D eigenvalue weighted by molar-refractivity contribution is 0.557. The van der Waals surface area contributed by atoms with Gasteiger partial charge in [0.2, 0.25) is 0 Å². The van der Waals surface area contributed by atoms with Crippen LogP contribution in [-0.2, 0) is 6.42 Å². The molecule has 0 unspecified atom stereocenters. The number of likely N-dealkylation sites (N-methyl/N-ethyl adjacent to an activating group) is 1. The van der Waals surface area contributed by atoms with E-state index in [1.54, 1.807) is 6.92 Å². The van der Waals surface area contributed by atoms with Gasteiger partial charge >= 0.3 is 0 Å². The third-order valence-corrected chi connectivity index (χ3v) is 2.44. The highest BCUT2D eigenvalue weighted by Gasteiger charge is 2.11. The molecule has 0 aliphatic carbocycles. The summed E-state index contributed by atoms with van der Waals surface area (Å²) in [5.74, 6) is -0.879. The first-order valence-electron chi connectivity index (χ1n) is 4.66. The average Bonchev–Trinajstić information content (AvgIpc) is 2.18. The third kappa shape index (κ3) is 2.10. The molecule has 0 bridgehead atoms. The minimum Gasteiger partial charge on any atom is -0.319 e. The molecule has 1 N–H and O–H groups in total. The number of rotatable bonds is 3. The second-order valence-corrected chi connectivity index (χ2v) is 3.44. The SMILES string of the molecule is CNCCc1cc(F)c(C)c(F)c1C. The molecule has 3 heteroatoms. The molecule has 0 heterocycles. The van der Waals surface area contributed by atoms with Crippen molar-refractivity contribution in [1.82, 2.24) is 5.32 Å². The molecular formula is C11H15F2N. The van der Waals surface area contributed by atoms with Crippen molar-refractivity contribution in [3.05, 3.63) is 34.4 Å². The maximum absolute atomic E-state index is 13.4. The van der Waals surface area contributed by atoms with Gasteiger partial charge in [-0.05, 0) is 51.1 Å². The van der Waals surface area contributed by atoms with Crippen LogP contribution < -0.4 is 5.32 Å². The van der Waals surface area contributed by atoms with Crippen LogP contribution in [0.5, 0.6) is 0 Å². The van der Waals surface area contributed by atoms with Gasteiger partial charge in [-0.2, -0.15) is 0 Å². The first-order valence-corrected chi connectivity index (χ1v) is 4.66. The summed E-state index contributed by atoms with van der Waals surface area (Å²) in [5.41, 5.74) is 1.40. The zero-order valence-corrected chi connectivity index (χ0v) is 8.75. The molecule has 1 aromatic carbocycles. The molecule has 0 fully saturated rings. The van der Waals surface area contributed by atoms with E-state index in [1.807, 2.05) is 7.05 Å². The molecule has 0 amide bonds. The van der Waals surface area contributed by atoms with Crippen LogP contribution in [0.1, 0.15) is 16.7 Å². The Morgan fingerprint density at radius 1 is 1.21 bits per heavy atom. The second-order valence-electron chi connectivity index (χ2n) is 3.44. The van der Waals surface area contributed by atoms with Crippen LogP contribution in [0.25, 0.3) is 0 Å². The molecule has 0 spiro atoms. The van der Waals surface area contributed by atoms with Gasteiger partial charge in [0.25, 0.3) is 0 Å².